The molecule has 1 amide bonds. The number of nitrogens with zero attached hydrogens (tertiary/aromatic N) is 1. The number of carbonyl (C=O) groups is 2. The molecule has 33 heavy (non-hydrogen) atoms. The molecule has 1 aliphatic carbocycles. The highest BCUT2D eigenvalue weighted by atomic mass is 79.9. The van der Waals surface area contributed by atoms with Crippen molar-refractivity contribution in [2.75, 3.05) is 19.7 Å². The van der Waals surface area contributed by atoms with Crippen molar-refractivity contribution in [2.24, 2.45) is 5.41 Å². The molecule has 2 aliphatic heterocycles. The number of carbonyl (C=O) groups excluding carboxylic acids is 2. The molecule has 1 aromatic rings. The standard InChI is InChI=1S/C26H33BrN2O4/c1-5-33-20-12-16(11-17(27)24(20)31)22-21(25(32)29-9-7-6-8-10-29)15(2)28-18-13-26(3,4)14-19(30)23(18)22/h11-12,22,28,31H,5-10,13-14H2,1-4H3/t22-/m1/s1. The number of likely N-dealkylation sites (tertiary alicyclic amines) is 1. The Balaban J connectivity index is 1.88. The third-order valence-corrected chi connectivity index (χ3v) is 7.40. The number of benzene rings is 1. The molecule has 6 nitrogen and oxygen atoms in total. The number of Topliss-reactive ketones (excluding diaryl/α,β-unsaturated/α-hetero) is 1. The van der Waals surface area contributed by atoms with Crippen LogP contribution in [0.4, 0.5) is 0 Å². The molecule has 4 rings (SSSR count). The predicted octanol–water partition coefficient (Wildman–Crippen LogP) is 5.17. The van der Waals surface area contributed by atoms with E-state index in [9.17, 15) is 14.7 Å². The van der Waals surface area contributed by atoms with Crippen molar-refractivity contribution in [3.8, 4) is 11.5 Å². The monoisotopic (exact) mass is 516 g/mol. The van der Waals surface area contributed by atoms with Gasteiger partial charge in [0, 0.05) is 48.0 Å². The number of phenolic OH excluding ortho intramolecular Hbond substituents is 1. The zero-order chi connectivity index (χ0) is 23.9. The largest absolute Gasteiger partial charge is 0.503 e. The quantitative estimate of drug-likeness (QED) is 0.576. The zero-order valence-electron chi connectivity index (χ0n) is 19.9. The third kappa shape index (κ3) is 4.57. The number of ether oxygens (including phenoxy) is 1. The first-order valence-corrected chi connectivity index (χ1v) is 12.6. The van der Waals surface area contributed by atoms with E-state index in [4.69, 9.17) is 4.74 Å². The molecule has 1 atom stereocenters. The van der Waals surface area contributed by atoms with Gasteiger partial charge in [-0.25, -0.2) is 0 Å². The summed E-state index contributed by atoms with van der Waals surface area (Å²) in [5, 5.41) is 13.9. The number of allylic oxidation sites excluding steroid dienone is 3. The summed E-state index contributed by atoms with van der Waals surface area (Å²) in [7, 11) is 0. The van der Waals surface area contributed by atoms with Crippen molar-refractivity contribution in [3.05, 3.63) is 44.7 Å². The lowest BCUT2D eigenvalue weighted by Crippen LogP contribution is -2.43. The Hall–Kier alpha value is -2.28. The van der Waals surface area contributed by atoms with Gasteiger partial charge in [-0.1, -0.05) is 13.8 Å². The van der Waals surface area contributed by atoms with Crippen LogP contribution in [0.25, 0.3) is 0 Å². The van der Waals surface area contributed by atoms with Crippen molar-refractivity contribution in [1.29, 1.82) is 0 Å². The second kappa shape index (κ2) is 9.16. The van der Waals surface area contributed by atoms with E-state index in [0.29, 0.717) is 34.4 Å². The highest BCUT2D eigenvalue weighted by Gasteiger charge is 2.43. The fourth-order valence-corrected chi connectivity index (χ4v) is 5.81. The summed E-state index contributed by atoms with van der Waals surface area (Å²) in [4.78, 5) is 29.2. The van der Waals surface area contributed by atoms with E-state index in [1.807, 2.05) is 24.8 Å². The fourth-order valence-electron chi connectivity index (χ4n) is 5.35. The average Bonchev–Trinajstić information content (AvgIpc) is 2.75. The van der Waals surface area contributed by atoms with E-state index >= 15 is 0 Å². The van der Waals surface area contributed by atoms with Crippen molar-refractivity contribution in [1.82, 2.24) is 10.2 Å². The number of hydrogen-bond acceptors (Lipinski definition) is 5. The first kappa shape index (κ1) is 23.9. The van der Waals surface area contributed by atoms with E-state index < -0.39 is 5.92 Å². The normalized spacial score (nSPS) is 22.8. The summed E-state index contributed by atoms with van der Waals surface area (Å²) in [6, 6.07) is 3.58. The van der Waals surface area contributed by atoms with Crippen molar-refractivity contribution >= 4 is 27.6 Å². The number of ketones is 1. The molecule has 0 bridgehead atoms. The van der Waals surface area contributed by atoms with Crippen LogP contribution in [0.2, 0.25) is 0 Å². The topological polar surface area (TPSA) is 78.9 Å². The molecular formula is C26H33BrN2O4. The fraction of sp³-hybridized carbons (Fsp3) is 0.538. The molecule has 0 aromatic heterocycles. The van der Waals surface area contributed by atoms with Crippen LogP contribution in [0.1, 0.15) is 71.3 Å². The van der Waals surface area contributed by atoms with Crippen molar-refractivity contribution in [3.63, 3.8) is 0 Å². The summed E-state index contributed by atoms with van der Waals surface area (Å²) in [5.41, 5.74) is 3.60. The molecular weight excluding hydrogens is 484 g/mol. The van der Waals surface area contributed by atoms with Crippen LogP contribution in [-0.2, 0) is 9.59 Å². The molecule has 2 N–H and O–H groups in total. The first-order valence-electron chi connectivity index (χ1n) is 11.8. The van der Waals surface area contributed by atoms with Crippen LogP contribution in [0.5, 0.6) is 11.5 Å². The highest BCUT2D eigenvalue weighted by Crippen LogP contribution is 2.49. The lowest BCUT2D eigenvalue weighted by Gasteiger charge is -2.41. The molecule has 0 unspecified atom stereocenters. The summed E-state index contributed by atoms with van der Waals surface area (Å²) in [5.74, 6) is -0.0956. The van der Waals surface area contributed by atoms with Gasteiger partial charge < -0.3 is 20.1 Å². The number of piperidine rings is 1. The third-order valence-electron chi connectivity index (χ3n) is 6.80. The molecule has 0 spiro atoms. The number of amides is 1. The lowest BCUT2D eigenvalue weighted by atomic mass is 9.68. The van der Waals surface area contributed by atoms with Gasteiger partial charge in [-0.15, -0.1) is 0 Å². The molecule has 3 aliphatic rings. The number of aromatic hydroxyl groups is 1. The van der Waals surface area contributed by atoms with Crippen LogP contribution >= 0.6 is 15.9 Å². The van der Waals surface area contributed by atoms with Crippen molar-refractivity contribution < 1.29 is 19.4 Å². The minimum Gasteiger partial charge on any atom is -0.503 e. The smallest absolute Gasteiger partial charge is 0.252 e. The Kier molecular flexibility index (Phi) is 6.63. The minimum absolute atomic E-state index is 0.0176. The van der Waals surface area contributed by atoms with Crippen molar-refractivity contribution in [2.45, 2.75) is 65.7 Å². The summed E-state index contributed by atoms with van der Waals surface area (Å²) in [6.45, 7) is 9.85. The Morgan fingerprint density at radius 3 is 2.61 bits per heavy atom. The number of dihydropyridines is 1. The van der Waals surface area contributed by atoms with E-state index in [0.717, 1.165) is 55.7 Å². The summed E-state index contributed by atoms with van der Waals surface area (Å²) >= 11 is 3.45. The number of phenols is 1. The van der Waals surface area contributed by atoms with Crippen LogP contribution in [0, 0.1) is 5.41 Å². The van der Waals surface area contributed by atoms with E-state index in [2.05, 4.69) is 35.1 Å². The predicted molar refractivity (Wildman–Crippen MR) is 131 cm³/mol. The maximum atomic E-state index is 13.8. The average molecular weight is 517 g/mol. The van der Waals surface area contributed by atoms with Gasteiger partial charge in [0.25, 0.3) is 5.91 Å². The van der Waals surface area contributed by atoms with Gasteiger partial charge in [-0.05, 0) is 78.6 Å². The Bertz CT molecular complexity index is 1050. The second-order valence-corrected chi connectivity index (χ2v) is 10.9. The molecule has 7 heteroatoms. The van der Waals surface area contributed by atoms with Gasteiger partial charge in [0.15, 0.2) is 17.3 Å². The van der Waals surface area contributed by atoms with E-state index in [-0.39, 0.29) is 22.9 Å². The molecule has 0 saturated carbocycles. The molecule has 1 aromatic carbocycles. The van der Waals surface area contributed by atoms with Crippen LogP contribution in [-0.4, -0.2) is 41.4 Å². The van der Waals surface area contributed by atoms with Gasteiger partial charge in [-0.2, -0.15) is 0 Å². The second-order valence-electron chi connectivity index (χ2n) is 10.1. The Labute approximate surface area is 204 Å². The molecule has 1 saturated heterocycles. The van der Waals surface area contributed by atoms with Gasteiger partial charge in [0.2, 0.25) is 0 Å². The number of hydrogen-bond donors (Lipinski definition) is 2. The Morgan fingerprint density at radius 2 is 1.94 bits per heavy atom. The van der Waals surface area contributed by atoms with E-state index in [1.54, 1.807) is 6.07 Å². The number of halogens is 1. The van der Waals surface area contributed by atoms with Gasteiger partial charge in [0.05, 0.1) is 11.1 Å². The van der Waals surface area contributed by atoms with Crippen LogP contribution < -0.4 is 10.1 Å². The highest BCUT2D eigenvalue weighted by molar-refractivity contribution is 9.10. The minimum atomic E-state index is -0.504. The maximum Gasteiger partial charge on any atom is 0.252 e. The van der Waals surface area contributed by atoms with Gasteiger partial charge in [0.1, 0.15) is 0 Å². The lowest BCUT2D eigenvalue weighted by molar-refractivity contribution is -0.128. The molecule has 1 fully saturated rings. The number of nitrogens with one attached hydrogen (secondary N) is 1. The van der Waals surface area contributed by atoms with Gasteiger partial charge >= 0.3 is 0 Å². The first-order chi connectivity index (χ1) is 15.6. The summed E-state index contributed by atoms with van der Waals surface area (Å²) in [6.07, 6.45) is 4.30. The van der Waals surface area contributed by atoms with Crippen LogP contribution in [0.15, 0.2) is 39.1 Å². The van der Waals surface area contributed by atoms with Gasteiger partial charge in [-0.3, -0.25) is 9.59 Å². The zero-order valence-corrected chi connectivity index (χ0v) is 21.5. The maximum absolute atomic E-state index is 13.8. The molecule has 0 radical (unpaired) electrons. The summed E-state index contributed by atoms with van der Waals surface area (Å²) < 4.78 is 6.16. The van der Waals surface area contributed by atoms with Crippen LogP contribution in [0.3, 0.4) is 0 Å². The number of rotatable bonds is 4. The molecule has 178 valence electrons. The van der Waals surface area contributed by atoms with E-state index in [1.165, 1.54) is 0 Å². The Morgan fingerprint density at radius 1 is 1.24 bits per heavy atom. The molecule has 2 heterocycles. The SMILES string of the molecule is CCOc1cc([C@@H]2C(C(=O)N3CCCCC3)=C(C)NC3=C2C(=O)CC(C)(C)C3)cc(Br)c1O.